The molecule has 0 fully saturated rings. The third-order valence-corrected chi connectivity index (χ3v) is 1.97. The van der Waals surface area contributed by atoms with Crippen LogP contribution < -0.4 is 0 Å². The zero-order chi connectivity index (χ0) is 12.7. The van der Waals surface area contributed by atoms with Gasteiger partial charge in [0.05, 0.1) is 12.5 Å². The minimum Gasteiger partial charge on any atom is -0.389 e. The Morgan fingerprint density at radius 2 is 2.23 bits per heavy atom. The van der Waals surface area contributed by atoms with E-state index >= 15 is 0 Å². The maximum atomic E-state index is 13.1. The molecule has 13 heavy (non-hydrogen) atoms. The summed E-state index contributed by atoms with van der Waals surface area (Å²) in [6.45, 7) is -3.09. The lowest BCUT2D eigenvalue weighted by molar-refractivity contribution is 0.199. The van der Waals surface area contributed by atoms with Gasteiger partial charge in [-0.2, -0.15) is 13.5 Å². The van der Waals surface area contributed by atoms with Gasteiger partial charge in [-0.25, -0.2) is 4.39 Å². The second-order valence-electron chi connectivity index (χ2n) is 2.07. The third-order valence-electron chi connectivity index (χ3n) is 1.28. The molecule has 0 saturated heterocycles. The van der Waals surface area contributed by atoms with Crippen LogP contribution in [0.4, 0.5) is 4.39 Å². The zero-order valence-electron chi connectivity index (χ0n) is 10.2. The largest absolute Gasteiger partial charge is 0.389 e. The van der Waals surface area contributed by atoms with Crippen LogP contribution in [0.25, 0.3) is 0 Å². The minimum absolute atomic E-state index is 0. The fraction of sp³-hybridized carbons (Fsp3) is 0.250. The first-order chi connectivity index (χ1) is 7.09. The molecule has 0 radical (unpaired) electrons. The predicted octanol–water partition coefficient (Wildman–Crippen LogP) is 3.30. The lowest BCUT2D eigenvalue weighted by atomic mass is 10.1. The van der Waals surface area contributed by atoms with Gasteiger partial charge in [0.1, 0.15) is 5.82 Å². The van der Waals surface area contributed by atoms with Gasteiger partial charge in [0.15, 0.2) is 0 Å². The van der Waals surface area contributed by atoms with Crippen molar-refractivity contribution in [2.24, 2.45) is 0 Å². The van der Waals surface area contributed by atoms with Crippen LogP contribution in [0.15, 0.2) is 12.1 Å². The molecule has 1 N–H and O–H groups in total. The van der Waals surface area contributed by atoms with Crippen LogP contribution >= 0.6 is 36.7 Å². The van der Waals surface area contributed by atoms with Crippen molar-refractivity contribution < 1.29 is 15.0 Å². The molecule has 1 aromatic carbocycles. The van der Waals surface area contributed by atoms with Gasteiger partial charge in [0.2, 0.25) is 0 Å². The topological polar surface area (TPSA) is 20.2 Å². The van der Waals surface area contributed by atoms with Gasteiger partial charge < -0.3 is 5.11 Å². The Balaban J connectivity index is 0.00000256. The number of halogens is 3. The summed E-state index contributed by atoms with van der Waals surface area (Å²) in [7, 11) is 0. The van der Waals surface area contributed by atoms with Crippen molar-refractivity contribution in [3.05, 3.63) is 33.6 Å². The van der Waals surface area contributed by atoms with E-state index < -0.39 is 29.3 Å². The molecule has 5 heteroatoms. The Bertz CT molecular complexity index is 425. The van der Waals surface area contributed by atoms with Gasteiger partial charge in [-0.1, -0.05) is 23.2 Å². The number of hydrogen-bond donors (Lipinski definition) is 1. The van der Waals surface area contributed by atoms with Gasteiger partial charge in [-0.15, -0.1) is 0 Å². The average molecular weight is 247 g/mol. The first-order valence-corrected chi connectivity index (χ1v) is 3.71. The molecule has 74 valence electrons. The molecule has 0 heterocycles. The maximum Gasteiger partial charge on any atom is 0.142 e. The van der Waals surface area contributed by atoms with E-state index in [0.29, 0.717) is 0 Å². The van der Waals surface area contributed by atoms with Gasteiger partial charge in [-0.3, -0.25) is 0 Å². The highest BCUT2D eigenvalue weighted by molar-refractivity contribution is 7.59. The second-order valence-corrected chi connectivity index (χ2v) is 2.85. The van der Waals surface area contributed by atoms with E-state index in [-0.39, 0.29) is 18.5 Å². The molecule has 0 aliphatic carbocycles. The first-order valence-electron chi connectivity index (χ1n) is 4.95. The van der Waals surface area contributed by atoms with E-state index in [4.69, 9.17) is 28.7 Å². The molecule has 1 atom stereocenters. The van der Waals surface area contributed by atoms with Crippen molar-refractivity contribution in [3.8, 4) is 0 Å². The molecule has 0 aliphatic heterocycles. The van der Waals surface area contributed by atoms with E-state index in [9.17, 15) is 9.50 Å². The van der Waals surface area contributed by atoms with E-state index in [2.05, 4.69) is 0 Å². The average Bonchev–Trinajstić information content (AvgIpc) is 2.10. The van der Waals surface area contributed by atoms with E-state index in [0.717, 1.165) is 12.1 Å². The molecule has 0 spiro atoms. The second kappa shape index (κ2) is 5.05. The number of rotatable bonds is 1. The van der Waals surface area contributed by atoms with Gasteiger partial charge in [-0.05, 0) is 19.0 Å². The molecule has 1 aromatic rings. The van der Waals surface area contributed by atoms with Crippen LogP contribution in [0.1, 0.15) is 24.0 Å². The highest BCUT2D eigenvalue weighted by atomic mass is 35.5. The fourth-order valence-electron chi connectivity index (χ4n) is 0.744. The molecule has 0 unspecified atom stereocenters. The Morgan fingerprint density at radius 1 is 1.62 bits per heavy atom. The highest BCUT2D eigenvalue weighted by Crippen LogP contribution is 2.31. The minimum atomic E-state index is -3.09. The van der Waals surface area contributed by atoms with Crippen molar-refractivity contribution in [1.82, 2.24) is 0 Å². The summed E-state index contributed by atoms with van der Waals surface area (Å²) in [4.78, 5) is 0. The summed E-state index contributed by atoms with van der Waals surface area (Å²) >= 11 is 11.1. The standard InChI is InChI=1S/C8H7Cl2FO.H2S/c1-4(12)7-5(9)2-3-6(11)8(7)10;/h2-4,12H,1H3;1H2/t4-;/m0./s1/i1D3,4D;. The van der Waals surface area contributed by atoms with Gasteiger partial charge in [0.25, 0.3) is 0 Å². The van der Waals surface area contributed by atoms with Crippen LogP contribution in [-0.4, -0.2) is 5.11 Å². The zero-order valence-corrected chi connectivity index (χ0v) is 8.75. The lowest BCUT2D eigenvalue weighted by Crippen LogP contribution is -1.95. The van der Waals surface area contributed by atoms with Crippen LogP contribution in [0.3, 0.4) is 0 Å². The van der Waals surface area contributed by atoms with Crippen LogP contribution in [0.5, 0.6) is 0 Å². The Hall–Kier alpha value is 0.0400. The van der Waals surface area contributed by atoms with Gasteiger partial charge in [0, 0.05) is 14.7 Å². The highest BCUT2D eigenvalue weighted by Gasteiger charge is 2.14. The quantitative estimate of drug-likeness (QED) is 0.755. The van der Waals surface area contributed by atoms with Crippen molar-refractivity contribution in [2.45, 2.75) is 12.9 Å². The number of benzene rings is 1. The Kier molecular flexibility index (Phi) is 2.86. The smallest absolute Gasteiger partial charge is 0.142 e. The molecular weight excluding hydrogens is 234 g/mol. The van der Waals surface area contributed by atoms with Crippen molar-refractivity contribution in [1.29, 1.82) is 0 Å². The summed E-state index contributed by atoms with van der Waals surface area (Å²) in [5, 5.41) is 8.63. The van der Waals surface area contributed by atoms with Crippen molar-refractivity contribution in [3.63, 3.8) is 0 Å². The van der Waals surface area contributed by atoms with E-state index in [1.165, 1.54) is 0 Å². The molecular formula is C8H9Cl2FOS. The van der Waals surface area contributed by atoms with Gasteiger partial charge >= 0.3 is 0 Å². The Morgan fingerprint density at radius 3 is 2.77 bits per heavy atom. The molecule has 0 aromatic heterocycles. The monoisotopic (exact) mass is 246 g/mol. The van der Waals surface area contributed by atoms with Crippen LogP contribution in [-0.2, 0) is 0 Å². The van der Waals surface area contributed by atoms with Crippen molar-refractivity contribution >= 4 is 36.7 Å². The first kappa shape index (κ1) is 7.35. The number of hydrogen-bond acceptors (Lipinski definition) is 1. The predicted molar refractivity (Wildman–Crippen MR) is 57.4 cm³/mol. The van der Waals surface area contributed by atoms with Crippen LogP contribution in [0.2, 0.25) is 10.0 Å². The van der Waals surface area contributed by atoms with Crippen molar-refractivity contribution in [2.75, 3.05) is 0 Å². The summed E-state index contributed by atoms with van der Waals surface area (Å²) in [5.74, 6) is -0.948. The normalized spacial score (nSPS) is 20.0. The van der Waals surface area contributed by atoms with E-state index in [1.807, 2.05) is 0 Å². The molecule has 0 amide bonds. The maximum absolute atomic E-state index is 13.1. The lowest BCUT2D eigenvalue weighted by Gasteiger charge is -2.09. The fourth-order valence-corrected chi connectivity index (χ4v) is 1.29. The third kappa shape index (κ3) is 2.74. The van der Waals surface area contributed by atoms with Crippen LogP contribution in [0, 0.1) is 5.82 Å². The summed E-state index contributed by atoms with van der Waals surface area (Å²) in [6.07, 6.45) is -3.05. The number of aliphatic hydroxyl groups is 1. The molecule has 0 aliphatic rings. The molecule has 0 bridgehead atoms. The Labute approximate surface area is 98.5 Å². The summed E-state index contributed by atoms with van der Waals surface area (Å²) < 4.78 is 41.4. The molecule has 1 nitrogen and oxygen atoms in total. The molecule has 1 rings (SSSR count). The molecule has 0 saturated carbocycles. The summed E-state index contributed by atoms with van der Waals surface area (Å²) in [5.41, 5.74) is -0.657. The summed E-state index contributed by atoms with van der Waals surface area (Å²) in [6, 6.07) is 1.95. The SMILES string of the molecule is S.[2H]C([2H])([2H])[C@]([2H])(O)c1c(Cl)ccc(F)c1Cl. The van der Waals surface area contributed by atoms with E-state index in [1.54, 1.807) is 0 Å².